The number of nitrogens with zero attached hydrogens (tertiary/aromatic N) is 3. The van der Waals surface area contributed by atoms with E-state index < -0.39 is 12.3 Å². The van der Waals surface area contributed by atoms with Gasteiger partial charge in [-0.3, -0.25) is 14.9 Å². The Bertz CT molecular complexity index is 932. The van der Waals surface area contributed by atoms with E-state index >= 15 is 0 Å². The first-order chi connectivity index (χ1) is 15.9. The zero-order valence-electron chi connectivity index (χ0n) is 18.8. The average Bonchev–Trinajstić information content (AvgIpc) is 3.11. The number of hydrogen-bond acceptors (Lipinski definition) is 7. The van der Waals surface area contributed by atoms with Crippen LogP contribution < -0.4 is 10.1 Å². The molecular formula is C23H31ClN4O5. The zero-order chi connectivity index (χ0) is 23.5. The molecule has 0 spiro atoms. The number of ether oxygens (including phenoxy) is 1. The number of fused-ring (bicyclic) bond motifs is 2. The maximum atomic E-state index is 12.8. The van der Waals surface area contributed by atoms with Crippen molar-refractivity contribution in [3.8, 4) is 5.75 Å². The van der Waals surface area contributed by atoms with E-state index in [1.807, 2.05) is 0 Å². The Morgan fingerprint density at radius 2 is 2.12 bits per heavy atom. The third kappa shape index (κ3) is 4.95. The molecule has 3 aliphatic rings. The van der Waals surface area contributed by atoms with Crippen molar-refractivity contribution < 1.29 is 24.5 Å². The Kier molecular flexibility index (Phi) is 7.41. The van der Waals surface area contributed by atoms with E-state index in [0.717, 1.165) is 31.2 Å². The molecule has 2 heterocycles. The van der Waals surface area contributed by atoms with E-state index in [9.17, 15) is 19.8 Å². The van der Waals surface area contributed by atoms with Crippen LogP contribution in [0.5, 0.6) is 5.75 Å². The summed E-state index contributed by atoms with van der Waals surface area (Å²) in [5.41, 5.74) is 1.37. The molecule has 0 radical (unpaired) electrons. The van der Waals surface area contributed by atoms with Gasteiger partial charge >= 0.3 is 0 Å². The summed E-state index contributed by atoms with van der Waals surface area (Å²) >= 11 is 6.58. The monoisotopic (exact) mass is 478 g/mol. The molecule has 1 saturated carbocycles. The molecule has 2 aliphatic heterocycles. The molecule has 0 bridgehead atoms. The molecule has 2 amide bonds. The van der Waals surface area contributed by atoms with Crippen molar-refractivity contribution in [3.63, 3.8) is 0 Å². The second-order valence-electron chi connectivity index (χ2n) is 8.80. The molecule has 33 heavy (non-hydrogen) atoms. The van der Waals surface area contributed by atoms with Gasteiger partial charge in [0.2, 0.25) is 11.9 Å². The lowest BCUT2D eigenvalue weighted by molar-refractivity contribution is -0.145. The van der Waals surface area contributed by atoms with Crippen molar-refractivity contribution in [2.24, 2.45) is 4.99 Å². The summed E-state index contributed by atoms with van der Waals surface area (Å²) in [6, 6.07) is 2.93. The summed E-state index contributed by atoms with van der Waals surface area (Å²) in [5, 5.41) is 22.7. The highest BCUT2D eigenvalue weighted by atomic mass is 35.5. The molecule has 1 saturated heterocycles. The second kappa shape index (κ2) is 10.3. The topological polar surface area (TPSA) is 115 Å². The van der Waals surface area contributed by atoms with Crippen molar-refractivity contribution in [1.82, 2.24) is 15.1 Å². The molecule has 2 unspecified atom stereocenters. The number of halogens is 1. The van der Waals surface area contributed by atoms with Gasteiger partial charge in [0.1, 0.15) is 18.0 Å². The SMILES string of the molecule is CC(O)N(C(=O)CCCOc1ccc2c(c1Cl)CN1C(=N2)NC(=O)C1CO)C1CCCCC1. The van der Waals surface area contributed by atoms with Gasteiger partial charge in [-0.15, -0.1) is 0 Å². The molecule has 2 atom stereocenters. The van der Waals surface area contributed by atoms with Crippen LogP contribution in [0.4, 0.5) is 5.69 Å². The van der Waals surface area contributed by atoms with Crippen LogP contribution in [0.25, 0.3) is 0 Å². The van der Waals surface area contributed by atoms with Gasteiger partial charge in [0.25, 0.3) is 5.91 Å². The second-order valence-corrected chi connectivity index (χ2v) is 9.18. The molecule has 0 aromatic heterocycles. The summed E-state index contributed by atoms with van der Waals surface area (Å²) in [6.45, 7) is 1.97. The fourth-order valence-corrected chi connectivity index (χ4v) is 5.14. The van der Waals surface area contributed by atoms with Gasteiger partial charge in [-0.1, -0.05) is 30.9 Å². The summed E-state index contributed by atoms with van der Waals surface area (Å²) < 4.78 is 5.86. The first-order valence-electron chi connectivity index (χ1n) is 11.6. The van der Waals surface area contributed by atoms with Crippen LogP contribution in [-0.4, -0.2) is 69.3 Å². The van der Waals surface area contributed by atoms with Crippen LogP contribution in [0.2, 0.25) is 5.02 Å². The van der Waals surface area contributed by atoms with Crippen LogP contribution in [0, 0.1) is 0 Å². The molecule has 4 rings (SSSR count). The number of guanidine groups is 1. The highest BCUT2D eigenvalue weighted by molar-refractivity contribution is 6.33. The van der Waals surface area contributed by atoms with Gasteiger partial charge in [0.05, 0.1) is 30.5 Å². The largest absolute Gasteiger partial charge is 0.492 e. The predicted octanol–water partition coefficient (Wildman–Crippen LogP) is 2.29. The van der Waals surface area contributed by atoms with Gasteiger partial charge in [-0.25, -0.2) is 4.99 Å². The van der Waals surface area contributed by atoms with E-state index in [1.54, 1.807) is 28.9 Å². The molecule has 3 N–H and O–H groups in total. The van der Waals surface area contributed by atoms with E-state index in [0.29, 0.717) is 42.0 Å². The molecule has 180 valence electrons. The van der Waals surface area contributed by atoms with Gasteiger partial charge in [-0.2, -0.15) is 0 Å². The number of carbonyl (C=O) groups excluding carboxylic acids is 2. The number of aliphatic hydroxyl groups excluding tert-OH is 2. The Morgan fingerprint density at radius 3 is 2.82 bits per heavy atom. The highest BCUT2D eigenvalue weighted by Gasteiger charge is 2.39. The fraction of sp³-hybridized carbons (Fsp3) is 0.609. The third-order valence-corrected chi connectivity index (χ3v) is 6.96. The summed E-state index contributed by atoms with van der Waals surface area (Å²) in [7, 11) is 0. The predicted molar refractivity (Wildman–Crippen MR) is 123 cm³/mol. The van der Waals surface area contributed by atoms with Crippen LogP contribution >= 0.6 is 11.6 Å². The van der Waals surface area contributed by atoms with Gasteiger partial charge in [0.15, 0.2) is 0 Å². The van der Waals surface area contributed by atoms with Crippen molar-refractivity contribution in [2.75, 3.05) is 13.2 Å². The summed E-state index contributed by atoms with van der Waals surface area (Å²) in [5.74, 6) is 0.552. The Labute approximate surface area is 198 Å². The van der Waals surface area contributed by atoms with Gasteiger partial charge in [0, 0.05) is 18.0 Å². The molecule has 2 fully saturated rings. The number of benzene rings is 1. The number of hydrogen-bond donors (Lipinski definition) is 3. The number of amides is 2. The lowest BCUT2D eigenvalue weighted by Gasteiger charge is -2.36. The lowest BCUT2D eigenvalue weighted by atomic mass is 9.93. The van der Waals surface area contributed by atoms with E-state index in [4.69, 9.17) is 16.3 Å². The van der Waals surface area contributed by atoms with Gasteiger partial charge in [-0.05, 0) is 38.3 Å². The van der Waals surface area contributed by atoms with E-state index in [-0.39, 0.29) is 30.9 Å². The van der Waals surface area contributed by atoms with E-state index in [1.165, 1.54) is 6.42 Å². The maximum Gasteiger partial charge on any atom is 0.251 e. The Hall–Kier alpha value is -2.36. The molecule has 10 heteroatoms. The van der Waals surface area contributed by atoms with Crippen molar-refractivity contribution >= 4 is 35.1 Å². The quantitative estimate of drug-likeness (QED) is 0.390. The highest BCUT2D eigenvalue weighted by Crippen LogP contribution is 2.39. The third-order valence-electron chi connectivity index (χ3n) is 6.55. The molecule has 1 aromatic carbocycles. The molecule has 1 aliphatic carbocycles. The van der Waals surface area contributed by atoms with Crippen molar-refractivity contribution in [1.29, 1.82) is 0 Å². The average molecular weight is 479 g/mol. The minimum absolute atomic E-state index is 0.0554. The minimum atomic E-state index is -0.795. The zero-order valence-corrected chi connectivity index (χ0v) is 19.6. The van der Waals surface area contributed by atoms with Crippen LogP contribution in [0.15, 0.2) is 17.1 Å². The smallest absolute Gasteiger partial charge is 0.251 e. The molecule has 9 nitrogen and oxygen atoms in total. The molecular weight excluding hydrogens is 448 g/mol. The summed E-state index contributed by atoms with van der Waals surface area (Å²) in [6.07, 6.45) is 5.25. The number of aliphatic hydroxyl groups is 2. The first kappa shape index (κ1) is 23.8. The van der Waals surface area contributed by atoms with Crippen LogP contribution in [-0.2, 0) is 16.1 Å². The maximum absolute atomic E-state index is 12.8. The van der Waals surface area contributed by atoms with Crippen LogP contribution in [0.1, 0.15) is 57.4 Å². The number of nitrogens with one attached hydrogen (secondary N) is 1. The lowest BCUT2D eigenvalue weighted by Crippen LogP contribution is -2.46. The van der Waals surface area contributed by atoms with Gasteiger partial charge < -0.3 is 24.7 Å². The van der Waals surface area contributed by atoms with Crippen LogP contribution in [0.3, 0.4) is 0 Å². The standard InChI is InChI=1S/C23H31ClN4O5/c1-14(30)28(15-6-3-2-4-7-15)20(31)8-5-11-33-19-10-9-17-16(21(19)24)12-27-18(13-29)22(32)26-23(27)25-17/h9-10,14-15,18,29-30H,2-8,11-13H2,1H3,(H,25,26,32). The summed E-state index contributed by atoms with van der Waals surface area (Å²) in [4.78, 5) is 32.5. The number of carbonyl (C=O) groups is 2. The van der Waals surface area contributed by atoms with Crippen molar-refractivity contribution in [3.05, 3.63) is 22.7 Å². The minimum Gasteiger partial charge on any atom is -0.492 e. The van der Waals surface area contributed by atoms with Crippen molar-refractivity contribution in [2.45, 2.75) is 76.7 Å². The van der Waals surface area contributed by atoms with E-state index in [2.05, 4.69) is 10.3 Å². The number of aliphatic imine (C=N–C) groups is 1. The first-order valence-corrected chi connectivity index (χ1v) is 12.0. The number of rotatable bonds is 8. The Morgan fingerprint density at radius 1 is 1.36 bits per heavy atom. The molecule has 1 aromatic rings. The Balaban J connectivity index is 1.34. The normalized spacial score (nSPS) is 21.1. The fourth-order valence-electron chi connectivity index (χ4n) is 4.86.